The molecule has 0 spiro atoms. The molecule has 1 aliphatic heterocycles. The molecule has 2 N–H and O–H groups in total. The average molecular weight is 234 g/mol. The van der Waals surface area contributed by atoms with Crippen LogP contribution >= 0.6 is 0 Å². The highest BCUT2D eigenvalue weighted by Gasteiger charge is 2.31. The molecule has 0 radical (unpaired) electrons. The second-order valence-electron chi connectivity index (χ2n) is 4.44. The number of hydrogen-bond donors (Lipinski definition) is 1. The van der Waals surface area contributed by atoms with E-state index in [1.54, 1.807) is 12.0 Å². The fourth-order valence-electron chi connectivity index (χ4n) is 2.30. The lowest BCUT2D eigenvalue weighted by molar-refractivity contribution is -0.117. The second kappa shape index (κ2) is 4.75. The Morgan fingerprint density at radius 2 is 2.29 bits per heavy atom. The van der Waals surface area contributed by atoms with E-state index >= 15 is 0 Å². The molecule has 1 amide bonds. The Bertz CT molecular complexity index is 431. The van der Waals surface area contributed by atoms with E-state index in [-0.39, 0.29) is 11.8 Å². The lowest BCUT2D eigenvalue weighted by Crippen LogP contribution is -2.26. The van der Waals surface area contributed by atoms with Gasteiger partial charge in [0.05, 0.1) is 12.8 Å². The Hall–Kier alpha value is -1.55. The molecule has 0 aromatic heterocycles. The van der Waals surface area contributed by atoms with Gasteiger partial charge in [0.2, 0.25) is 5.91 Å². The molecule has 2 rings (SSSR count). The van der Waals surface area contributed by atoms with Crippen LogP contribution in [0.2, 0.25) is 0 Å². The summed E-state index contributed by atoms with van der Waals surface area (Å²) in [7, 11) is 1.62. The maximum absolute atomic E-state index is 12.0. The van der Waals surface area contributed by atoms with Gasteiger partial charge in [-0.2, -0.15) is 0 Å². The highest BCUT2D eigenvalue weighted by atomic mass is 16.5. The predicted molar refractivity (Wildman–Crippen MR) is 67.2 cm³/mol. The fraction of sp³-hybridized carbons (Fsp3) is 0.462. The Morgan fingerprint density at radius 1 is 1.53 bits per heavy atom. The van der Waals surface area contributed by atoms with Crippen LogP contribution in [0.3, 0.4) is 0 Å². The number of aryl methyl sites for hydroxylation is 1. The maximum atomic E-state index is 12.0. The Balaban J connectivity index is 2.37. The summed E-state index contributed by atoms with van der Waals surface area (Å²) in [5, 5.41) is 0. The first kappa shape index (κ1) is 11.9. The van der Waals surface area contributed by atoms with E-state index in [0.717, 1.165) is 17.0 Å². The minimum atomic E-state index is 0.132. The summed E-state index contributed by atoms with van der Waals surface area (Å²) in [6, 6.07) is 5.80. The van der Waals surface area contributed by atoms with Gasteiger partial charge >= 0.3 is 0 Å². The molecule has 1 unspecified atom stereocenters. The van der Waals surface area contributed by atoms with Gasteiger partial charge in [0.25, 0.3) is 0 Å². The molecule has 92 valence electrons. The number of anilines is 1. The second-order valence-corrected chi connectivity index (χ2v) is 4.44. The van der Waals surface area contributed by atoms with Gasteiger partial charge < -0.3 is 15.4 Å². The summed E-state index contributed by atoms with van der Waals surface area (Å²) in [6.45, 7) is 3.23. The van der Waals surface area contributed by atoms with Crippen molar-refractivity contribution in [3.8, 4) is 5.75 Å². The highest BCUT2D eigenvalue weighted by molar-refractivity contribution is 5.98. The number of carbonyl (C=O) groups excluding carboxylic acids is 1. The highest BCUT2D eigenvalue weighted by Crippen LogP contribution is 2.35. The molecule has 4 heteroatoms. The average Bonchev–Trinajstić information content (AvgIpc) is 2.70. The summed E-state index contributed by atoms with van der Waals surface area (Å²) in [6.07, 6.45) is 0.536. The Labute approximate surface area is 101 Å². The van der Waals surface area contributed by atoms with Crippen molar-refractivity contribution in [2.45, 2.75) is 13.3 Å². The molecule has 0 saturated carbocycles. The zero-order chi connectivity index (χ0) is 12.4. The van der Waals surface area contributed by atoms with E-state index < -0.39 is 0 Å². The van der Waals surface area contributed by atoms with Crippen LogP contribution in [0.4, 0.5) is 5.69 Å². The first-order valence-electron chi connectivity index (χ1n) is 5.81. The summed E-state index contributed by atoms with van der Waals surface area (Å²) < 4.78 is 5.33. The van der Waals surface area contributed by atoms with Crippen molar-refractivity contribution in [3.05, 3.63) is 23.8 Å². The molecule has 4 nitrogen and oxygen atoms in total. The molecule has 1 aromatic rings. The fourth-order valence-corrected chi connectivity index (χ4v) is 2.30. The van der Waals surface area contributed by atoms with Gasteiger partial charge in [-0.1, -0.05) is 12.1 Å². The molecule has 1 aliphatic rings. The number of amides is 1. The summed E-state index contributed by atoms with van der Waals surface area (Å²) >= 11 is 0. The zero-order valence-corrected chi connectivity index (χ0v) is 10.3. The molecule has 0 aliphatic carbocycles. The standard InChI is InChI=1S/C13H18N2O2/c1-9-4-3-5-11(17-2)13(9)15-8-10(7-14)6-12(15)16/h3-5,10H,6-8,14H2,1-2H3. The third-order valence-corrected chi connectivity index (χ3v) is 3.23. The van der Waals surface area contributed by atoms with Crippen molar-refractivity contribution >= 4 is 11.6 Å². The van der Waals surface area contributed by atoms with Crippen molar-refractivity contribution in [2.24, 2.45) is 11.7 Å². The van der Waals surface area contributed by atoms with Gasteiger partial charge in [0, 0.05) is 13.0 Å². The maximum Gasteiger partial charge on any atom is 0.227 e. The topological polar surface area (TPSA) is 55.6 Å². The van der Waals surface area contributed by atoms with Crippen LogP contribution in [-0.4, -0.2) is 26.1 Å². The van der Waals surface area contributed by atoms with Gasteiger partial charge in [-0.25, -0.2) is 0 Å². The summed E-state index contributed by atoms with van der Waals surface area (Å²) in [5.41, 5.74) is 7.57. The summed E-state index contributed by atoms with van der Waals surface area (Å²) in [5.74, 6) is 1.14. The Morgan fingerprint density at radius 3 is 2.88 bits per heavy atom. The van der Waals surface area contributed by atoms with Crippen LogP contribution in [0.25, 0.3) is 0 Å². The van der Waals surface area contributed by atoms with Gasteiger partial charge in [0.1, 0.15) is 5.75 Å². The number of hydrogen-bond acceptors (Lipinski definition) is 3. The third-order valence-electron chi connectivity index (χ3n) is 3.23. The van der Waals surface area contributed by atoms with Gasteiger partial charge in [0.15, 0.2) is 0 Å². The zero-order valence-electron chi connectivity index (χ0n) is 10.3. The van der Waals surface area contributed by atoms with E-state index in [4.69, 9.17) is 10.5 Å². The van der Waals surface area contributed by atoms with Crippen LogP contribution in [0, 0.1) is 12.8 Å². The first-order chi connectivity index (χ1) is 8.17. The smallest absolute Gasteiger partial charge is 0.227 e. The summed E-state index contributed by atoms with van der Waals surface area (Å²) in [4.78, 5) is 13.8. The number of nitrogens with zero attached hydrogens (tertiary/aromatic N) is 1. The molecular formula is C13H18N2O2. The molecule has 1 aromatic carbocycles. The van der Waals surface area contributed by atoms with E-state index in [1.165, 1.54) is 0 Å². The Kier molecular flexibility index (Phi) is 3.33. The van der Waals surface area contributed by atoms with Gasteiger partial charge in [-0.15, -0.1) is 0 Å². The normalized spacial score (nSPS) is 19.8. The van der Waals surface area contributed by atoms with Gasteiger partial charge in [-0.05, 0) is 31.0 Å². The minimum absolute atomic E-state index is 0.132. The molecular weight excluding hydrogens is 216 g/mol. The van der Waals surface area contributed by atoms with Crippen molar-refractivity contribution in [1.29, 1.82) is 0 Å². The number of nitrogens with two attached hydrogens (primary N) is 1. The van der Waals surface area contributed by atoms with Crippen molar-refractivity contribution in [2.75, 3.05) is 25.1 Å². The molecule has 1 saturated heterocycles. The van der Waals surface area contributed by atoms with E-state index in [2.05, 4.69) is 0 Å². The number of rotatable bonds is 3. The monoisotopic (exact) mass is 234 g/mol. The van der Waals surface area contributed by atoms with E-state index in [1.807, 2.05) is 25.1 Å². The van der Waals surface area contributed by atoms with Crippen molar-refractivity contribution in [3.63, 3.8) is 0 Å². The largest absolute Gasteiger partial charge is 0.495 e. The number of para-hydroxylation sites is 1. The molecule has 1 heterocycles. The van der Waals surface area contributed by atoms with E-state index in [0.29, 0.717) is 19.5 Å². The van der Waals surface area contributed by atoms with Crippen LogP contribution in [0.1, 0.15) is 12.0 Å². The predicted octanol–water partition coefficient (Wildman–Crippen LogP) is 1.32. The lowest BCUT2D eigenvalue weighted by Gasteiger charge is -2.21. The van der Waals surface area contributed by atoms with Crippen molar-refractivity contribution < 1.29 is 9.53 Å². The van der Waals surface area contributed by atoms with E-state index in [9.17, 15) is 4.79 Å². The molecule has 0 bridgehead atoms. The number of benzene rings is 1. The number of methoxy groups -OCH3 is 1. The minimum Gasteiger partial charge on any atom is -0.495 e. The number of ether oxygens (including phenoxy) is 1. The molecule has 1 atom stereocenters. The quantitative estimate of drug-likeness (QED) is 0.858. The first-order valence-corrected chi connectivity index (χ1v) is 5.81. The third kappa shape index (κ3) is 2.13. The number of carbonyl (C=O) groups is 1. The SMILES string of the molecule is COc1cccc(C)c1N1CC(CN)CC1=O. The lowest BCUT2D eigenvalue weighted by atomic mass is 10.1. The molecule has 1 fully saturated rings. The van der Waals surface area contributed by atoms with Gasteiger partial charge in [-0.3, -0.25) is 4.79 Å². The van der Waals surface area contributed by atoms with Crippen LogP contribution in [0.15, 0.2) is 18.2 Å². The van der Waals surface area contributed by atoms with Crippen LogP contribution in [0.5, 0.6) is 5.75 Å². The van der Waals surface area contributed by atoms with Crippen LogP contribution in [-0.2, 0) is 4.79 Å². The van der Waals surface area contributed by atoms with Crippen LogP contribution < -0.4 is 15.4 Å². The molecule has 17 heavy (non-hydrogen) atoms. The van der Waals surface area contributed by atoms with Crippen molar-refractivity contribution in [1.82, 2.24) is 0 Å².